The summed E-state index contributed by atoms with van der Waals surface area (Å²) in [6, 6.07) is 21.2. The number of rotatable bonds is 6. The first-order chi connectivity index (χ1) is 17.2. The minimum Gasteiger partial charge on any atom is -0.872 e. The molecule has 0 N–H and O–H groups in total. The van der Waals surface area contributed by atoms with Gasteiger partial charge in [-0.2, -0.15) is 12.4 Å². The Labute approximate surface area is 226 Å². The molecule has 5 rings (SSSR count). The SMILES string of the molecule is C1CCOC1.[O-]c1ccccc1C=NCc1ccc[n-]1.[O-]c1ccccc1C=NCc1ccc[n-]1.[Ti+4]. The van der Waals surface area contributed by atoms with Gasteiger partial charge in [0.2, 0.25) is 0 Å². The Morgan fingerprint density at radius 2 is 1.11 bits per heavy atom. The van der Waals surface area contributed by atoms with E-state index in [1.54, 1.807) is 49.1 Å². The molecule has 0 aliphatic carbocycles. The first-order valence-corrected chi connectivity index (χ1v) is 11.4. The van der Waals surface area contributed by atoms with E-state index in [2.05, 4.69) is 20.0 Å². The normalized spacial score (nSPS) is 12.4. The molecule has 1 aliphatic rings. The molecule has 0 spiro atoms. The van der Waals surface area contributed by atoms with Crippen LogP contribution < -0.4 is 20.2 Å². The quantitative estimate of drug-likeness (QED) is 0.288. The minimum atomic E-state index is -0.00304. The predicted octanol–water partition coefficient (Wildman–Crippen LogP) is 3.47. The van der Waals surface area contributed by atoms with E-state index in [9.17, 15) is 10.2 Å². The molecule has 0 amide bonds. The Morgan fingerprint density at radius 3 is 1.44 bits per heavy atom. The van der Waals surface area contributed by atoms with Crippen molar-refractivity contribution < 1.29 is 36.7 Å². The first-order valence-electron chi connectivity index (χ1n) is 11.4. The molecule has 8 heteroatoms. The zero-order valence-corrected chi connectivity index (χ0v) is 21.6. The van der Waals surface area contributed by atoms with E-state index in [0.29, 0.717) is 24.2 Å². The van der Waals surface area contributed by atoms with Gasteiger partial charge in [-0.25, -0.2) is 0 Å². The van der Waals surface area contributed by atoms with Crippen LogP contribution in [0, 0.1) is 0 Å². The molecular weight excluding hydrogens is 488 g/mol. The van der Waals surface area contributed by atoms with Crippen molar-refractivity contribution in [1.29, 1.82) is 0 Å². The van der Waals surface area contributed by atoms with Crippen LogP contribution in [0.5, 0.6) is 11.5 Å². The van der Waals surface area contributed by atoms with Gasteiger partial charge >= 0.3 is 21.7 Å². The Kier molecular flexibility index (Phi) is 13.7. The molecule has 0 radical (unpaired) electrons. The van der Waals surface area contributed by atoms with Gasteiger partial charge in [-0.1, -0.05) is 72.8 Å². The van der Waals surface area contributed by atoms with Crippen LogP contribution in [0.3, 0.4) is 0 Å². The zero-order chi connectivity index (χ0) is 24.6. The maximum atomic E-state index is 11.3. The van der Waals surface area contributed by atoms with E-state index in [4.69, 9.17) is 4.74 Å². The maximum absolute atomic E-state index is 11.3. The standard InChI is InChI=1S/2C12H11N2O.C4H8O.Ti/c2*15-12-6-2-1-4-10(12)8-13-9-11-5-3-7-14-11;1-2-4-5-3-1;/h2*1-8H,9H2,(H,13,15);1-4H2;/q2*-1;;+4/p-2. The summed E-state index contributed by atoms with van der Waals surface area (Å²) in [6.45, 7) is 3.03. The van der Waals surface area contributed by atoms with Crippen LogP contribution in [-0.4, -0.2) is 25.6 Å². The third kappa shape index (κ3) is 10.9. The van der Waals surface area contributed by atoms with Gasteiger partial charge in [0.1, 0.15) is 0 Å². The van der Waals surface area contributed by atoms with Crippen molar-refractivity contribution in [3.05, 3.63) is 108 Å². The number of ether oxygens (including phenoxy) is 1. The summed E-state index contributed by atoms with van der Waals surface area (Å²) in [5.74, 6) is -0.00608. The fourth-order valence-electron chi connectivity index (χ4n) is 3.02. The third-order valence-corrected chi connectivity index (χ3v) is 4.86. The van der Waals surface area contributed by atoms with E-state index >= 15 is 0 Å². The molecule has 1 fully saturated rings. The van der Waals surface area contributed by atoms with Crippen LogP contribution in [0.4, 0.5) is 0 Å². The van der Waals surface area contributed by atoms with Crippen molar-refractivity contribution >= 4 is 12.4 Å². The number of hydrogen-bond donors (Lipinski definition) is 0. The summed E-state index contributed by atoms with van der Waals surface area (Å²) >= 11 is 0. The topological polar surface area (TPSA) is 108 Å². The molecule has 7 nitrogen and oxygen atoms in total. The van der Waals surface area contributed by atoms with E-state index in [-0.39, 0.29) is 33.2 Å². The Morgan fingerprint density at radius 1 is 0.667 bits per heavy atom. The van der Waals surface area contributed by atoms with E-state index < -0.39 is 0 Å². The number of nitrogens with zero attached hydrogens (tertiary/aromatic N) is 4. The zero-order valence-electron chi connectivity index (χ0n) is 20.0. The van der Waals surface area contributed by atoms with Crippen molar-refractivity contribution in [2.24, 2.45) is 9.98 Å². The number of hydrogen-bond acceptors (Lipinski definition) is 5. The first kappa shape index (κ1) is 28.8. The smallest absolute Gasteiger partial charge is 0.872 e. The van der Waals surface area contributed by atoms with Crippen LogP contribution in [0.1, 0.15) is 35.4 Å². The molecule has 0 bridgehead atoms. The van der Waals surface area contributed by atoms with Crippen molar-refractivity contribution in [2.45, 2.75) is 25.9 Å². The molecular formula is C28H28N4O3Ti. The summed E-state index contributed by atoms with van der Waals surface area (Å²) < 4.78 is 4.94. The molecule has 0 unspecified atom stereocenters. The summed E-state index contributed by atoms with van der Waals surface area (Å²) in [7, 11) is 0. The van der Waals surface area contributed by atoms with Crippen molar-refractivity contribution in [1.82, 2.24) is 9.97 Å². The molecule has 2 aromatic carbocycles. The summed E-state index contributed by atoms with van der Waals surface area (Å²) in [4.78, 5) is 16.5. The summed E-state index contributed by atoms with van der Waals surface area (Å²) in [5, 5.41) is 22.6. The monoisotopic (exact) mass is 516 g/mol. The molecule has 36 heavy (non-hydrogen) atoms. The molecule has 0 saturated carbocycles. The molecule has 182 valence electrons. The summed E-state index contributed by atoms with van der Waals surface area (Å²) in [6.07, 6.45) is 9.20. The maximum Gasteiger partial charge on any atom is 4.00 e. The molecule has 1 saturated heterocycles. The van der Waals surface area contributed by atoms with Crippen LogP contribution in [0.2, 0.25) is 0 Å². The van der Waals surface area contributed by atoms with Gasteiger partial charge in [0, 0.05) is 38.7 Å². The fraction of sp³-hybridized carbons (Fsp3) is 0.214. The number of para-hydroxylation sites is 2. The summed E-state index contributed by atoms with van der Waals surface area (Å²) in [5.41, 5.74) is 3.05. The van der Waals surface area contributed by atoms with Gasteiger partial charge < -0.3 is 24.9 Å². The van der Waals surface area contributed by atoms with E-state index in [1.807, 2.05) is 36.4 Å². The van der Waals surface area contributed by atoms with Gasteiger partial charge in [0.25, 0.3) is 0 Å². The third-order valence-electron chi connectivity index (χ3n) is 4.86. The van der Waals surface area contributed by atoms with E-state index in [1.165, 1.54) is 25.0 Å². The second-order valence-electron chi connectivity index (χ2n) is 7.59. The van der Waals surface area contributed by atoms with Crippen LogP contribution in [0.25, 0.3) is 0 Å². The van der Waals surface area contributed by atoms with Crippen LogP contribution >= 0.6 is 0 Å². The number of aromatic nitrogens is 2. The van der Waals surface area contributed by atoms with E-state index in [0.717, 1.165) is 24.6 Å². The largest absolute Gasteiger partial charge is 4.00 e. The number of benzene rings is 2. The molecule has 2 aromatic heterocycles. The van der Waals surface area contributed by atoms with Gasteiger partial charge in [-0.05, 0) is 24.0 Å². The van der Waals surface area contributed by atoms with Crippen LogP contribution in [0.15, 0.2) is 95.2 Å². The predicted molar refractivity (Wildman–Crippen MR) is 134 cm³/mol. The second-order valence-corrected chi connectivity index (χ2v) is 7.59. The number of aliphatic imine (C=N–C) groups is 2. The molecule has 1 aliphatic heterocycles. The van der Waals surface area contributed by atoms with Gasteiger partial charge in [0.05, 0.1) is 0 Å². The Hall–Kier alpha value is -3.39. The van der Waals surface area contributed by atoms with Gasteiger partial charge in [0.15, 0.2) is 0 Å². The van der Waals surface area contributed by atoms with Crippen molar-refractivity contribution in [3.8, 4) is 11.5 Å². The average molecular weight is 516 g/mol. The average Bonchev–Trinajstić information content (AvgIpc) is 3.67. The fourth-order valence-corrected chi connectivity index (χ4v) is 3.02. The molecule has 4 aromatic rings. The minimum absolute atomic E-state index is 0. The Bertz CT molecular complexity index is 1060. The Balaban J connectivity index is 0.000000208. The van der Waals surface area contributed by atoms with Gasteiger partial charge in [-0.3, -0.25) is 9.98 Å². The molecule has 0 atom stereocenters. The second kappa shape index (κ2) is 17.1. The van der Waals surface area contributed by atoms with Gasteiger partial charge in [-0.15, -0.1) is 22.9 Å². The van der Waals surface area contributed by atoms with Crippen LogP contribution in [-0.2, 0) is 39.5 Å². The van der Waals surface area contributed by atoms with Crippen molar-refractivity contribution in [2.75, 3.05) is 13.2 Å². The molecule has 3 heterocycles. The van der Waals surface area contributed by atoms with Crippen molar-refractivity contribution in [3.63, 3.8) is 0 Å².